The normalized spacial score (nSPS) is 18.2. The van der Waals surface area contributed by atoms with Crippen LogP contribution < -0.4 is 24.4 Å². The smallest absolute Gasteiger partial charge is 0.329 e. The summed E-state index contributed by atoms with van der Waals surface area (Å²) in [6.07, 6.45) is 10.8. The molecule has 1 spiro atoms. The molecule has 2 aliphatic carbocycles. The maximum absolute atomic E-state index is 14.9. The molecule has 59 heavy (non-hydrogen) atoms. The number of carbonyl (C=O) groups excluding carboxylic acids is 2. The number of rotatable bonds is 10. The zero-order chi connectivity index (χ0) is 41.3. The summed E-state index contributed by atoms with van der Waals surface area (Å²) >= 11 is 1.33. The van der Waals surface area contributed by atoms with Crippen molar-refractivity contribution in [2.75, 3.05) is 42.8 Å². The Hall–Kier alpha value is -5.57. The predicted molar refractivity (Wildman–Crippen MR) is 221 cm³/mol. The topological polar surface area (TPSA) is 154 Å². The third kappa shape index (κ3) is 8.48. The van der Waals surface area contributed by atoms with Gasteiger partial charge in [0.05, 0.1) is 22.1 Å². The van der Waals surface area contributed by atoms with Crippen LogP contribution in [0.1, 0.15) is 63.9 Å². The molecule has 3 amide bonds. The third-order valence-corrected chi connectivity index (χ3v) is 12.5. The van der Waals surface area contributed by atoms with Gasteiger partial charge in [0.15, 0.2) is 17.4 Å². The largest absolute Gasteiger partial charge is 0.474 e. The van der Waals surface area contributed by atoms with Crippen LogP contribution in [0.2, 0.25) is 0 Å². The lowest BCUT2D eigenvalue weighted by atomic mass is 9.61. The standard InChI is InChI=1S/C30H35FN6O2S.C12H11FN4O2/c1-3-36(2)40-35-27-12-10-25(31)28(24(27)16-32)38-21-9-11-26-23(13-21)29(34-19-33-26)39-22-14-30(15-22)17-37(18-30)20-7-5-4-6-8-20;1-16-9-3-2-7(13)6-8(9)11(15-16)17-5-4-10(18)14-12(17)19/h9-13,19-20,22,35H,3-8,14-15,17-18H2,1-2H3;2-3,6H,4-5H2,1H3,(H,14,18,19). The second kappa shape index (κ2) is 17.0. The number of likely N-dealkylation sites (tertiary alicyclic amines) is 1. The zero-order valence-electron chi connectivity index (χ0n) is 33.2. The maximum atomic E-state index is 14.9. The molecule has 0 atom stereocenters. The highest BCUT2D eigenvalue weighted by atomic mass is 32.2. The van der Waals surface area contributed by atoms with E-state index in [1.54, 1.807) is 42.1 Å². The van der Waals surface area contributed by atoms with Crippen molar-refractivity contribution in [1.29, 1.82) is 5.26 Å². The molecule has 0 bridgehead atoms. The van der Waals surface area contributed by atoms with E-state index in [9.17, 15) is 23.6 Å². The first-order valence-electron chi connectivity index (χ1n) is 20.0. The number of imide groups is 1. The van der Waals surface area contributed by atoms with E-state index >= 15 is 0 Å². The number of carbonyl (C=O) groups is 2. The van der Waals surface area contributed by atoms with E-state index in [0.717, 1.165) is 30.9 Å². The van der Waals surface area contributed by atoms with Gasteiger partial charge < -0.3 is 14.2 Å². The maximum Gasteiger partial charge on any atom is 0.329 e. The van der Waals surface area contributed by atoms with E-state index in [2.05, 4.69) is 36.1 Å². The Morgan fingerprint density at radius 1 is 1.05 bits per heavy atom. The number of halogens is 2. The third-order valence-electron chi connectivity index (χ3n) is 11.6. The number of anilines is 2. The van der Waals surface area contributed by atoms with Crippen molar-refractivity contribution in [3.8, 4) is 23.4 Å². The quantitative estimate of drug-likeness (QED) is 0.133. The Balaban J connectivity index is 0.000000212. The minimum absolute atomic E-state index is 0.0976. The first-order chi connectivity index (χ1) is 28.5. The number of nitriles is 1. The molecule has 0 unspecified atom stereocenters. The Morgan fingerprint density at radius 2 is 1.85 bits per heavy atom. The number of nitrogens with one attached hydrogen (secondary N) is 2. The van der Waals surface area contributed by atoms with Crippen LogP contribution >= 0.6 is 12.1 Å². The number of amides is 3. The van der Waals surface area contributed by atoms with Gasteiger partial charge in [-0.05, 0) is 81.3 Å². The summed E-state index contributed by atoms with van der Waals surface area (Å²) in [6.45, 7) is 5.44. The molecule has 17 heteroatoms. The van der Waals surface area contributed by atoms with Crippen LogP contribution in [-0.4, -0.2) is 86.3 Å². The van der Waals surface area contributed by atoms with E-state index < -0.39 is 17.7 Å². The highest BCUT2D eigenvalue weighted by molar-refractivity contribution is 7.98. The molecule has 308 valence electrons. The van der Waals surface area contributed by atoms with Crippen LogP contribution in [0.5, 0.6) is 17.4 Å². The van der Waals surface area contributed by atoms with Gasteiger partial charge in [-0.1, -0.05) is 26.2 Å². The van der Waals surface area contributed by atoms with E-state index in [1.807, 2.05) is 18.3 Å². The molecule has 2 N–H and O–H groups in total. The fraction of sp³-hybridized carbons (Fsp3) is 0.429. The first-order valence-corrected chi connectivity index (χ1v) is 20.7. The van der Waals surface area contributed by atoms with Gasteiger partial charge in [-0.3, -0.25) is 24.6 Å². The minimum Gasteiger partial charge on any atom is -0.474 e. The summed E-state index contributed by atoms with van der Waals surface area (Å²) in [6, 6.07) is 14.7. The second-order valence-electron chi connectivity index (χ2n) is 15.7. The van der Waals surface area contributed by atoms with Crippen molar-refractivity contribution in [3.63, 3.8) is 0 Å². The highest BCUT2D eigenvalue weighted by Crippen LogP contribution is 2.51. The molecule has 5 aromatic rings. The van der Waals surface area contributed by atoms with Crippen LogP contribution in [0.25, 0.3) is 21.8 Å². The number of hydrogen-bond acceptors (Lipinski definition) is 12. The van der Waals surface area contributed by atoms with Crippen LogP contribution in [-0.2, 0) is 11.8 Å². The van der Waals surface area contributed by atoms with E-state index in [4.69, 9.17) is 9.47 Å². The molecule has 4 fully saturated rings. The lowest BCUT2D eigenvalue weighted by Gasteiger charge is -2.61. The number of hydrogen-bond donors (Lipinski definition) is 2. The lowest BCUT2D eigenvalue weighted by Crippen LogP contribution is -2.66. The number of aromatic nitrogens is 4. The van der Waals surface area contributed by atoms with Crippen molar-refractivity contribution >= 4 is 57.4 Å². The van der Waals surface area contributed by atoms with E-state index in [0.29, 0.717) is 44.8 Å². The number of fused-ring (bicyclic) bond motifs is 2. The van der Waals surface area contributed by atoms with Gasteiger partial charge in [0.1, 0.15) is 35.6 Å². The Kier molecular flexibility index (Phi) is 11.6. The summed E-state index contributed by atoms with van der Waals surface area (Å²) < 4.78 is 47.2. The average Bonchev–Trinajstić information content (AvgIpc) is 3.53. The van der Waals surface area contributed by atoms with Gasteiger partial charge >= 0.3 is 6.03 Å². The number of aryl methyl sites for hydroxylation is 1. The van der Waals surface area contributed by atoms with Crippen molar-refractivity contribution < 1.29 is 27.8 Å². The fourth-order valence-corrected chi connectivity index (χ4v) is 9.00. The van der Waals surface area contributed by atoms with Crippen LogP contribution in [0.4, 0.5) is 25.1 Å². The van der Waals surface area contributed by atoms with E-state index in [1.165, 1.54) is 86.8 Å². The molecule has 2 saturated carbocycles. The zero-order valence-corrected chi connectivity index (χ0v) is 34.0. The van der Waals surface area contributed by atoms with Gasteiger partial charge in [-0.15, -0.1) is 0 Å². The molecular weight excluding hydrogens is 779 g/mol. The number of ether oxygens (including phenoxy) is 2. The molecule has 4 heterocycles. The Labute approximate surface area is 345 Å². The predicted octanol–water partition coefficient (Wildman–Crippen LogP) is 7.69. The Bertz CT molecular complexity index is 2420. The van der Waals surface area contributed by atoms with Crippen molar-refractivity contribution in [3.05, 3.63) is 72.1 Å². The summed E-state index contributed by atoms with van der Waals surface area (Å²) in [5.41, 5.74) is 2.41. The number of nitrogens with zero attached hydrogens (tertiary/aromatic N) is 8. The molecule has 2 aromatic heterocycles. The van der Waals surface area contributed by atoms with Gasteiger partial charge in [-0.2, -0.15) is 10.4 Å². The molecule has 4 aliphatic rings. The molecule has 2 saturated heterocycles. The van der Waals surface area contributed by atoms with Crippen molar-refractivity contribution in [1.82, 2.24) is 34.3 Å². The van der Waals surface area contributed by atoms with Crippen molar-refractivity contribution in [2.45, 2.75) is 70.4 Å². The fourth-order valence-electron chi connectivity index (χ4n) is 8.44. The SMILES string of the molecule is CCN(C)SNc1ccc(F)c(Oc2ccc3ncnc(OC4CC5(C4)CN(C4CCCCC4)C5)c3c2)c1C#N.Cn1nc(N2CCC(=O)NC2=O)c2cc(F)ccc21. The lowest BCUT2D eigenvalue weighted by molar-refractivity contribution is -0.137. The molecule has 14 nitrogen and oxygen atoms in total. The first kappa shape index (κ1) is 40.2. The number of urea groups is 1. The van der Waals surface area contributed by atoms with Gasteiger partial charge in [0.2, 0.25) is 11.8 Å². The van der Waals surface area contributed by atoms with Gasteiger partial charge in [-0.25, -0.2) is 27.8 Å². The molecule has 2 aliphatic heterocycles. The molecule has 0 radical (unpaired) electrons. The Morgan fingerprint density at radius 3 is 2.59 bits per heavy atom. The highest BCUT2D eigenvalue weighted by Gasteiger charge is 2.54. The second-order valence-corrected chi connectivity index (χ2v) is 16.7. The van der Waals surface area contributed by atoms with Crippen LogP contribution in [0.15, 0.2) is 54.9 Å². The van der Waals surface area contributed by atoms with Gasteiger partial charge in [0, 0.05) is 68.6 Å². The summed E-state index contributed by atoms with van der Waals surface area (Å²) in [4.78, 5) is 35.8. The number of benzene rings is 3. The molecule has 9 rings (SSSR count). The van der Waals surface area contributed by atoms with E-state index in [-0.39, 0.29) is 36.3 Å². The molecular formula is C42H46F2N10O4S. The summed E-state index contributed by atoms with van der Waals surface area (Å²) in [7, 11) is 3.64. The molecule has 3 aromatic carbocycles. The average molecular weight is 825 g/mol. The minimum atomic E-state index is -0.612. The van der Waals surface area contributed by atoms with Gasteiger partial charge in [0.25, 0.3) is 0 Å². The summed E-state index contributed by atoms with van der Waals surface area (Å²) in [5.74, 6) is -0.192. The monoisotopic (exact) mass is 824 g/mol. The van der Waals surface area contributed by atoms with Crippen molar-refractivity contribution in [2.24, 2.45) is 12.5 Å². The van der Waals surface area contributed by atoms with Crippen LogP contribution in [0.3, 0.4) is 0 Å². The van der Waals surface area contributed by atoms with Crippen LogP contribution in [0, 0.1) is 28.4 Å². The summed E-state index contributed by atoms with van der Waals surface area (Å²) in [5, 5.41) is 17.5.